The first-order chi connectivity index (χ1) is 11.1. The van der Waals surface area contributed by atoms with Crippen molar-refractivity contribution >= 4 is 23.7 Å². The van der Waals surface area contributed by atoms with E-state index in [0.29, 0.717) is 0 Å². The van der Waals surface area contributed by atoms with Gasteiger partial charge in [-0.2, -0.15) is 0 Å². The Kier molecular flexibility index (Phi) is 6.14. The molecule has 2 rings (SSSR count). The smallest absolute Gasteiger partial charge is 0.270 e. The zero-order valence-corrected chi connectivity index (χ0v) is 13.7. The van der Waals surface area contributed by atoms with Crippen LogP contribution in [-0.4, -0.2) is 42.6 Å². The van der Waals surface area contributed by atoms with Crippen LogP contribution in [0.3, 0.4) is 0 Å². The van der Waals surface area contributed by atoms with Crippen LogP contribution in [0.2, 0.25) is 0 Å². The standard InChI is InChI=1S/C17H23N3O3/c1-13-6-7-15(14(2)10-13)19-16(21)11-18-23-12-17(22)20-8-4-3-5-9-20/h6-7,10-11H,3-5,8-9,12H2,1-2H3,(H,19,21)/b18-11-. The number of aryl methyl sites for hydroxylation is 2. The summed E-state index contributed by atoms with van der Waals surface area (Å²) < 4.78 is 0. The van der Waals surface area contributed by atoms with Crippen molar-refractivity contribution in [3.05, 3.63) is 29.3 Å². The second-order valence-corrected chi connectivity index (χ2v) is 5.76. The van der Waals surface area contributed by atoms with Gasteiger partial charge in [0.05, 0.1) is 0 Å². The van der Waals surface area contributed by atoms with Crippen molar-refractivity contribution in [1.29, 1.82) is 0 Å². The Bertz CT molecular complexity index is 593. The topological polar surface area (TPSA) is 71.0 Å². The Hall–Kier alpha value is -2.37. The highest BCUT2D eigenvalue weighted by Gasteiger charge is 2.16. The van der Waals surface area contributed by atoms with Gasteiger partial charge in [0.2, 0.25) is 0 Å². The zero-order valence-electron chi connectivity index (χ0n) is 13.7. The van der Waals surface area contributed by atoms with E-state index in [1.54, 1.807) is 4.90 Å². The minimum Gasteiger partial charge on any atom is -0.386 e. The summed E-state index contributed by atoms with van der Waals surface area (Å²) in [4.78, 5) is 30.3. The van der Waals surface area contributed by atoms with Gasteiger partial charge in [-0.05, 0) is 44.7 Å². The van der Waals surface area contributed by atoms with Gasteiger partial charge in [-0.1, -0.05) is 22.9 Å². The van der Waals surface area contributed by atoms with Crippen LogP contribution in [0.4, 0.5) is 5.69 Å². The van der Waals surface area contributed by atoms with E-state index in [1.807, 2.05) is 32.0 Å². The normalized spacial score (nSPS) is 14.8. The van der Waals surface area contributed by atoms with Crippen LogP contribution in [0.1, 0.15) is 30.4 Å². The number of likely N-dealkylation sites (tertiary alicyclic amines) is 1. The van der Waals surface area contributed by atoms with Crippen molar-refractivity contribution in [3.63, 3.8) is 0 Å². The molecule has 0 radical (unpaired) electrons. The molecule has 6 heteroatoms. The Balaban J connectivity index is 1.74. The van der Waals surface area contributed by atoms with E-state index in [0.717, 1.165) is 49.0 Å². The number of rotatable bonds is 5. The molecule has 1 aromatic rings. The summed E-state index contributed by atoms with van der Waals surface area (Å²) in [6.45, 7) is 5.34. The minimum absolute atomic E-state index is 0.0864. The number of nitrogens with zero attached hydrogens (tertiary/aromatic N) is 2. The number of carbonyl (C=O) groups excluding carboxylic acids is 2. The summed E-state index contributed by atoms with van der Waals surface area (Å²) in [6, 6.07) is 5.76. The molecule has 0 saturated carbocycles. The van der Waals surface area contributed by atoms with Crippen LogP contribution in [0.15, 0.2) is 23.4 Å². The van der Waals surface area contributed by atoms with E-state index in [-0.39, 0.29) is 18.4 Å². The molecule has 0 spiro atoms. The highest BCUT2D eigenvalue weighted by molar-refractivity contribution is 6.31. The molecule has 1 aliphatic rings. The van der Waals surface area contributed by atoms with Crippen molar-refractivity contribution in [2.24, 2.45) is 5.16 Å². The molecule has 1 aliphatic heterocycles. The summed E-state index contributed by atoms with van der Waals surface area (Å²) in [5.41, 5.74) is 2.85. The predicted octanol–water partition coefficient (Wildman–Crippen LogP) is 2.26. The zero-order chi connectivity index (χ0) is 16.7. The van der Waals surface area contributed by atoms with Crippen LogP contribution in [0.25, 0.3) is 0 Å². The lowest BCUT2D eigenvalue weighted by molar-refractivity contribution is -0.137. The van der Waals surface area contributed by atoms with Crippen LogP contribution in [0, 0.1) is 13.8 Å². The fourth-order valence-corrected chi connectivity index (χ4v) is 2.53. The Morgan fingerprint density at radius 2 is 2.00 bits per heavy atom. The van der Waals surface area contributed by atoms with Crippen LogP contribution < -0.4 is 5.32 Å². The number of hydrogen-bond acceptors (Lipinski definition) is 4. The molecule has 0 aliphatic carbocycles. The third-order valence-corrected chi connectivity index (χ3v) is 3.78. The molecule has 6 nitrogen and oxygen atoms in total. The summed E-state index contributed by atoms with van der Waals surface area (Å²) in [5.74, 6) is -0.473. The summed E-state index contributed by atoms with van der Waals surface area (Å²) in [5, 5.41) is 6.29. The first-order valence-electron chi connectivity index (χ1n) is 7.87. The molecule has 0 bridgehead atoms. The first-order valence-corrected chi connectivity index (χ1v) is 7.87. The fraction of sp³-hybridized carbons (Fsp3) is 0.471. The summed E-state index contributed by atoms with van der Waals surface area (Å²) >= 11 is 0. The maximum absolute atomic E-state index is 11.8. The molecule has 1 aromatic carbocycles. The molecular formula is C17H23N3O3. The largest absolute Gasteiger partial charge is 0.386 e. The number of carbonyl (C=O) groups is 2. The number of piperidine rings is 1. The van der Waals surface area contributed by atoms with Gasteiger partial charge >= 0.3 is 0 Å². The van der Waals surface area contributed by atoms with Crippen LogP contribution >= 0.6 is 0 Å². The summed E-state index contributed by atoms with van der Waals surface area (Å²) in [6.07, 6.45) is 4.28. The van der Waals surface area contributed by atoms with Crippen molar-refractivity contribution in [1.82, 2.24) is 4.90 Å². The average Bonchev–Trinajstić information content (AvgIpc) is 2.55. The molecule has 0 aromatic heterocycles. The molecule has 124 valence electrons. The number of amides is 2. The van der Waals surface area contributed by atoms with Crippen LogP contribution in [-0.2, 0) is 14.4 Å². The quantitative estimate of drug-likeness (QED) is 0.669. The lowest BCUT2D eigenvalue weighted by Crippen LogP contribution is -2.37. The first kappa shape index (κ1) is 17.0. The lowest BCUT2D eigenvalue weighted by Gasteiger charge is -2.25. The number of anilines is 1. The maximum Gasteiger partial charge on any atom is 0.270 e. The predicted molar refractivity (Wildman–Crippen MR) is 89.4 cm³/mol. The van der Waals surface area contributed by atoms with Crippen molar-refractivity contribution in [3.8, 4) is 0 Å². The van der Waals surface area contributed by atoms with E-state index in [4.69, 9.17) is 4.84 Å². The second kappa shape index (κ2) is 8.31. The molecular weight excluding hydrogens is 294 g/mol. The Labute approximate surface area is 136 Å². The minimum atomic E-state index is -0.387. The maximum atomic E-state index is 11.8. The van der Waals surface area contributed by atoms with Crippen molar-refractivity contribution in [2.75, 3.05) is 25.0 Å². The van der Waals surface area contributed by atoms with E-state index in [9.17, 15) is 9.59 Å². The van der Waals surface area contributed by atoms with E-state index < -0.39 is 0 Å². The monoisotopic (exact) mass is 317 g/mol. The average molecular weight is 317 g/mol. The van der Waals surface area contributed by atoms with E-state index in [2.05, 4.69) is 10.5 Å². The van der Waals surface area contributed by atoms with Crippen LogP contribution in [0.5, 0.6) is 0 Å². The number of benzene rings is 1. The molecule has 1 fully saturated rings. The van der Waals surface area contributed by atoms with Gasteiger partial charge in [-0.15, -0.1) is 0 Å². The third-order valence-electron chi connectivity index (χ3n) is 3.78. The van der Waals surface area contributed by atoms with Gasteiger partial charge in [0, 0.05) is 18.8 Å². The van der Waals surface area contributed by atoms with E-state index >= 15 is 0 Å². The van der Waals surface area contributed by atoms with Gasteiger partial charge in [0.15, 0.2) is 6.61 Å². The Morgan fingerprint density at radius 1 is 1.26 bits per heavy atom. The molecule has 1 N–H and O–H groups in total. The number of oxime groups is 1. The molecule has 0 atom stereocenters. The molecule has 2 amide bonds. The SMILES string of the molecule is Cc1ccc(NC(=O)/C=N\OCC(=O)N2CCCCC2)c(C)c1. The van der Waals surface area contributed by atoms with Gasteiger partial charge in [-0.3, -0.25) is 9.59 Å². The number of nitrogens with one attached hydrogen (secondary N) is 1. The molecule has 1 heterocycles. The van der Waals surface area contributed by atoms with Gasteiger partial charge < -0.3 is 15.1 Å². The number of hydrogen-bond donors (Lipinski definition) is 1. The second-order valence-electron chi connectivity index (χ2n) is 5.76. The third kappa shape index (κ3) is 5.39. The van der Waals surface area contributed by atoms with Gasteiger partial charge in [0.25, 0.3) is 11.8 Å². The molecule has 1 saturated heterocycles. The highest BCUT2D eigenvalue weighted by atomic mass is 16.6. The van der Waals surface area contributed by atoms with Crippen molar-refractivity contribution in [2.45, 2.75) is 33.1 Å². The van der Waals surface area contributed by atoms with Gasteiger partial charge in [-0.25, -0.2) is 0 Å². The van der Waals surface area contributed by atoms with E-state index in [1.165, 1.54) is 6.42 Å². The fourth-order valence-electron chi connectivity index (χ4n) is 2.53. The highest BCUT2D eigenvalue weighted by Crippen LogP contribution is 2.15. The van der Waals surface area contributed by atoms with Crippen molar-refractivity contribution < 1.29 is 14.4 Å². The molecule has 23 heavy (non-hydrogen) atoms. The summed E-state index contributed by atoms with van der Waals surface area (Å²) in [7, 11) is 0. The van der Waals surface area contributed by atoms with Gasteiger partial charge in [0.1, 0.15) is 6.21 Å². The Morgan fingerprint density at radius 3 is 2.70 bits per heavy atom. The lowest BCUT2D eigenvalue weighted by atomic mass is 10.1. The molecule has 0 unspecified atom stereocenters.